The van der Waals surface area contributed by atoms with Crippen molar-refractivity contribution in [2.45, 2.75) is 19.4 Å². The summed E-state index contributed by atoms with van der Waals surface area (Å²) in [6.07, 6.45) is 1.12. The summed E-state index contributed by atoms with van der Waals surface area (Å²) in [6.45, 7) is 6.18. The number of nitro groups is 1. The molecular formula is C13H20ClN3O2. The van der Waals surface area contributed by atoms with Gasteiger partial charge >= 0.3 is 0 Å². The molecule has 1 aliphatic rings. The molecular weight excluding hydrogens is 266 g/mol. The zero-order chi connectivity index (χ0) is 13.0. The molecule has 1 saturated heterocycles. The van der Waals surface area contributed by atoms with Gasteiger partial charge in [0.25, 0.3) is 5.69 Å². The van der Waals surface area contributed by atoms with E-state index in [0.717, 1.165) is 38.2 Å². The van der Waals surface area contributed by atoms with Crippen LogP contribution in [0.4, 0.5) is 5.69 Å². The van der Waals surface area contributed by atoms with Gasteiger partial charge in [0.15, 0.2) is 0 Å². The van der Waals surface area contributed by atoms with Crippen LogP contribution in [0.3, 0.4) is 0 Å². The van der Waals surface area contributed by atoms with Crippen molar-refractivity contribution in [1.82, 2.24) is 10.2 Å². The maximum atomic E-state index is 10.8. The zero-order valence-electron chi connectivity index (χ0n) is 11.0. The fraction of sp³-hybridized carbons (Fsp3) is 0.538. The van der Waals surface area contributed by atoms with Gasteiger partial charge in [0.1, 0.15) is 0 Å². The molecule has 0 saturated carbocycles. The average Bonchev–Trinajstić information content (AvgIpc) is 2.67. The highest BCUT2D eigenvalue weighted by atomic mass is 35.5. The summed E-state index contributed by atoms with van der Waals surface area (Å²) in [7, 11) is 0. The van der Waals surface area contributed by atoms with Crippen molar-refractivity contribution in [3.8, 4) is 0 Å². The largest absolute Gasteiger partial charge is 0.315 e. The van der Waals surface area contributed by atoms with Crippen LogP contribution in [0.2, 0.25) is 0 Å². The van der Waals surface area contributed by atoms with Crippen LogP contribution in [0, 0.1) is 10.1 Å². The smallest absolute Gasteiger partial charge is 0.269 e. The Morgan fingerprint density at radius 1 is 1.37 bits per heavy atom. The molecule has 0 aliphatic carbocycles. The second kappa shape index (κ2) is 7.43. The fourth-order valence-corrected chi connectivity index (χ4v) is 2.36. The van der Waals surface area contributed by atoms with Gasteiger partial charge in [-0.1, -0.05) is 12.1 Å². The highest BCUT2D eigenvalue weighted by Gasteiger charge is 2.18. The van der Waals surface area contributed by atoms with Gasteiger partial charge in [0.2, 0.25) is 0 Å². The Balaban J connectivity index is 0.00000180. The van der Waals surface area contributed by atoms with Crippen molar-refractivity contribution in [2.75, 3.05) is 26.2 Å². The Bertz CT molecular complexity index is 420. The van der Waals surface area contributed by atoms with Crippen LogP contribution >= 0.6 is 12.4 Å². The Hall–Kier alpha value is -1.17. The number of benzene rings is 1. The zero-order valence-corrected chi connectivity index (χ0v) is 11.9. The van der Waals surface area contributed by atoms with E-state index >= 15 is 0 Å². The lowest BCUT2D eigenvalue weighted by molar-refractivity contribution is -0.384. The summed E-state index contributed by atoms with van der Waals surface area (Å²) in [5.74, 6) is 0. The average molecular weight is 286 g/mol. The molecule has 106 valence electrons. The third kappa shape index (κ3) is 4.16. The van der Waals surface area contributed by atoms with Gasteiger partial charge in [-0.25, -0.2) is 0 Å². The van der Waals surface area contributed by atoms with Crippen LogP contribution in [-0.4, -0.2) is 36.0 Å². The highest BCUT2D eigenvalue weighted by Crippen LogP contribution is 2.24. The Labute approximate surface area is 119 Å². The highest BCUT2D eigenvalue weighted by molar-refractivity contribution is 5.85. The standard InChI is InChI=1S/C13H19N3O2.ClH/c1-11(15-8-3-6-14-7-9-15)12-4-2-5-13(10-12)16(17)18;/h2,4-5,10-11,14H,3,6-9H2,1H3;1H. The van der Waals surface area contributed by atoms with Gasteiger partial charge < -0.3 is 5.32 Å². The van der Waals surface area contributed by atoms with Crippen molar-refractivity contribution < 1.29 is 4.92 Å². The first-order chi connectivity index (χ1) is 8.68. The molecule has 19 heavy (non-hydrogen) atoms. The van der Waals surface area contributed by atoms with Crippen molar-refractivity contribution >= 4 is 18.1 Å². The van der Waals surface area contributed by atoms with Gasteiger partial charge in [0, 0.05) is 31.3 Å². The number of hydrogen-bond donors (Lipinski definition) is 1. The molecule has 1 N–H and O–H groups in total. The number of nitrogens with one attached hydrogen (secondary N) is 1. The lowest BCUT2D eigenvalue weighted by Gasteiger charge is -2.27. The molecule has 0 radical (unpaired) electrons. The number of halogens is 1. The first-order valence-electron chi connectivity index (χ1n) is 6.37. The minimum absolute atomic E-state index is 0. The van der Waals surface area contributed by atoms with Crippen molar-refractivity contribution in [2.24, 2.45) is 0 Å². The number of rotatable bonds is 3. The van der Waals surface area contributed by atoms with Crippen molar-refractivity contribution in [3.63, 3.8) is 0 Å². The van der Waals surface area contributed by atoms with E-state index < -0.39 is 0 Å². The minimum Gasteiger partial charge on any atom is -0.315 e. The van der Waals surface area contributed by atoms with Crippen LogP contribution in [0.1, 0.15) is 24.9 Å². The lowest BCUT2D eigenvalue weighted by atomic mass is 10.1. The van der Waals surface area contributed by atoms with E-state index in [0.29, 0.717) is 0 Å². The number of nitro benzene ring substituents is 1. The predicted molar refractivity (Wildman–Crippen MR) is 77.8 cm³/mol. The first-order valence-corrected chi connectivity index (χ1v) is 6.37. The van der Waals surface area contributed by atoms with E-state index in [4.69, 9.17) is 0 Å². The van der Waals surface area contributed by atoms with E-state index in [9.17, 15) is 10.1 Å². The quantitative estimate of drug-likeness (QED) is 0.684. The van der Waals surface area contributed by atoms with Crippen molar-refractivity contribution in [1.29, 1.82) is 0 Å². The monoisotopic (exact) mass is 285 g/mol. The molecule has 1 fully saturated rings. The van der Waals surface area contributed by atoms with Crippen LogP contribution in [0.5, 0.6) is 0 Å². The molecule has 1 aliphatic heterocycles. The molecule has 0 spiro atoms. The molecule has 0 aromatic heterocycles. The fourth-order valence-electron chi connectivity index (χ4n) is 2.36. The summed E-state index contributed by atoms with van der Waals surface area (Å²) in [4.78, 5) is 12.8. The number of nitrogens with zero attached hydrogens (tertiary/aromatic N) is 2. The van der Waals surface area contributed by atoms with Crippen LogP contribution in [-0.2, 0) is 0 Å². The summed E-state index contributed by atoms with van der Waals surface area (Å²) >= 11 is 0. The van der Waals surface area contributed by atoms with Gasteiger partial charge in [-0.15, -0.1) is 12.4 Å². The Kier molecular flexibility index (Phi) is 6.21. The van der Waals surface area contributed by atoms with E-state index in [2.05, 4.69) is 17.1 Å². The third-order valence-corrected chi connectivity index (χ3v) is 3.49. The molecule has 1 aromatic rings. The van der Waals surface area contributed by atoms with Gasteiger partial charge in [-0.3, -0.25) is 15.0 Å². The molecule has 5 nitrogen and oxygen atoms in total. The Morgan fingerprint density at radius 2 is 2.16 bits per heavy atom. The third-order valence-electron chi connectivity index (χ3n) is 3.49. The van der Waals surface area contributed by atoms with Gasteiger partial charge in [-0.05, 0) is 32.0 Å². The number of non-ortho nitro benzene ring substituents is 1. The first kappa shape index (κ1) is 15.9. The molecule has 0 amide bonds. The molecule has 6 heteroatoms. The molecule has 2 rings (SSSR count). The van der Waals surface area contributed by atoms with Crippen LogP contribution < -0.4 is 5.32 Å². The van der Waals surface area contributed by atoms with Crippen LogP contribution in [0.15, 0.2) is 24.3 Å². The maximum absolute atomic E-state index is 10.8. The van der Waals surface area contributed by atoms with E-state index in [1.165, 1.54) is 0 Å². The SMILES string of the molecule is CC(c1cccc([N+](=O)[O-])c1)N1CCCNCC1.Cl. The maximum Gasteiger partial charge on any atom is 0.269 e. The van der Waals surface area contributed by atoms with Crippen molar-refractivity contribution in [3.05, 3.63) is 39.9 Å². The summed E-state index contributed by atoms with van der Waals surface area (Å²) in [5, 5.41) is 14.2. The van der Waals surface area contributed by atoms with Gasteiger partial charge in [-0.2, -0.15) is 0 Å². The molecule has 0 bridgehead atoms. The van der Waals surface area contributed by atoms with E-state index in [1.807, 2.05) is 6.07 Å². The molecule has 1 heterocycles. The predicted octanol–water partition coefficient (Wildman–Crippen LogP) is 2.37. The lowest BCUT2D eigenvalue weighted by Crippen LogP contribution is -2.30. The van der Waals surface area contributed by atoms with E-state index in [1.54, 1.807) is 18.2 Å². The molecule has 1 aromatic carbocycles. The number of hydrogen-bond acceptors (Lipinski definition) is 4. The topological polar surface area (TPSA) is 58.4 Å². The molecule has 1 atom stereocenters. The van der Waals surface area contributed by atoms with E-state index in [-0.39, 0.29) is 29.1 Å². The minimum atomic E-state index is -0.333. The summed E-state index contributed by atoms with van der Waals surface area (Å²) in [5.41, 5.74) is 1.19. The second-order valence-corrected chi connectivity index (χ2v) is 4.67. The summed E-state index contributed by atoms with van der Waals surface area (Å²) < 4.78 is 0. The molecule has 1 unspecified atom stereocenters. The van der Waals surface area contributed by atoms with Gasteiger partial charge in [0.05, 0.1) is 4.92 Å². The van der Waals surface area contributed by atoms with Crippen LogP contribution in [0.25, 0.3) is 0 Å². The summed E-state index contributed by atoms with van der Waals surface area (Å²) in [6, 6.07) is 7.18. The Morgan fingerprint density at radius 3 is 2.89 bits per heavy atom. The normalized spacial score (nSPS) is 18.2. The second-order valence-electron chi connectivity index (χ2n) is 4.67.